The molecule has 0 spiro atoms. The van der Waals surface area contributed by atoms with E-state index in [1.807, 2.05) is 55.5 Å². The molecular formula is C18H20Cl2N2O. The fourth-order valence-electron chi connectivity index (χ4n) is 2.28. The number of carbonyl (C=O) groups is 1. The van der Waals surface area contributed by atoms with E-state index in [9.17, 15) is 4.79 Å². The third-order valence-electron chi connectivity index (χ3n) is 3.57. The molecule has 0 saturated heterocycles. The maximum atomic E-state index is 11.9. The second-order valence-corrected chi connectivity index (χ2v) is 6.20. The summed E-state index contributed by atoms with van der Waals surface area (Å²) in [6.07, 6.45) is 0.756. The molecule has 0 aromatic heterocycles. The Kier molecular flexibility index (Phi) is 6.90. The highest BCUT2D eigenvalue weighted by Crippen LogP contribution is 2.21. The minimum Gasteiger partial charge on any atom is -0.355 e. The van der Waals surface area contributed by atoms with E-state index in [-0.39, 0.29) is 18.5 Å². The Labute approximate surface area is 147 Å². The molecule has 3 nitrogen and oxygen atoms in total. The molecule has 122 valence electrons. The van der Waals surface area contributed by atoms with Crippen LogP contribution in [0.15, 0.2) is 48.5 Å². The van der Waals surface area contributed by atoms with E-state index in [0.29, 0.717) is 16.6 Å². The maximum absolute atomic E-state index is 11.9. The van der Waals surface area contributed by atoms with E-state index in [1.165, 1.54) is 0 Å². The zero-order valence-electron chi connectivity index (χ0n) is 13.0. The van der Waals surface area contributed by atoms with Crippen molar-refractivity contribution in [2.45, 2.75) is 19.4 Å². The summed E-state index contributed by atoms with van der Waals surface area (Å²) in [6.45, 7) is 2.82. The van der Waals surface area contributed by atoms with Crippen LogP contribution in [0.3, 0.4) is 0 Å². The Bertz CT molecular complexity index is 661. The SMILES string of the molecule is C[C@@H](NCC(=O)NCCc1cccc(Cl)c1)c1ccccc1Cl. The van der Waals surface area contributed by atoms with E-state index < -0.39 is 0 Å². The van der Waals surface area contributed by atoms with Gasteiger partial charge in [-0.2, -0.15) is 0 Å². The molecule has 1 atom stereocenters. The predicted molar refractivity (Wildman–Crippen MR) is 96.0 cm³/mol. The predicted octanol–water partition coefficient (Wildman–Crippen LogP) is 4.00. The van der Waals surface area contributed by atoms with Crippen molar-refractivity contribution in [3.05, 3.63) is 69.7 Å². The van der Waals surface area contributed by atoms with Crippen LogP contribution in [0.5, 0.6) is 0 Å². The molecule has 0 fully saturated rings. The highest BCUT2D eigenvalue weighted by molar-refractivity contribution is 6.31. The molecule has 0 radical (unpaired) electrons. The van der Waals surface area contributed by atoms with Gasteiger partial charge in [0.25, 0.3) is 0 Å². The molecule has 23 heavy (non-hydrogen) atoms. The highest BCUT2D eigenvalue weighted by Gasteiger charge is 2.10. The monoisotopic (exact) mass is 350 g/mol. The van der Waals surface area contributed by atoms with E-state index in [4.69, 9.17) is 23.2 Å². The number of nitrogens with one attached hydrogen (secondary N) is 2. The average molecular weight is 351 g/mol. The van der Waals surface area contributed by atoms with Crippen molar-refractivity contribution in [1.29, 1.82) is 0 Å². The van der Waals surface area contributed by atoms with Gasteiger partial charge in [0.15, 0.2) is 0 Å². The average Bonchev–Trinajstić information content (AvgIpc) is 2.53. The molecule has 2 N–H and O–H groups in total. The van der Waals surface area contributed by atoms with Gasteiger partial charge < -0.3 is 10.6 Å². The second-order valence-electron chi connectivity index (χ2n) is 5.35. The van der Waals surface area contributed by atoms with Crippen LogP contribution in [0, 0.1) is 0 Å². The number of hydrogen-bond acceptors (Lipinski definition) is 2. The van der Waals surface area contributed by atoms with Crippen LogP contribution in [0.2, 0.25) is 10.0 Å². The first-order valence-corrected chi connectivity index (χ1v) is 8.31. The van der Waals surface area contributed by atoms with Crippen molar-refractivity contribution in [3.8, 4) is 0 Å². The third kappa shape index (κ3) is 5.87. The molecule has 0 aliphatic carbocycles. The largest absolute Gasteiger partial charge is 0.355 e. The fourth-order valence-corrected chi connectivity index (χ4v) is 2.80. The van der Waals surface area contributed by atoms with Crippen LogP contribution in [-0.4, -0.2) is 19.0 Å². The molecule has 0 aliphatic rings. The molecule has 0 unspecified atom stereocenters. The second kappa shape index (κ2) is 8.92. The summed E-state index contributed by atoms with van der Waals surface area (Å²) < 4.78 is 0. The maximum Gasteiger partial charge on any atom is 0.233 e. The first-order valence-electron chi connectivity index (χ1n) is 7.55. The number of benzene rings is 2. The number of hydrogen-bond donors (Lipinski definition) is 2. The fraction of sp³-hybridized carbons (Fsp3) is 0.278. The first-order chi connectivity index (χ1) is 11.1. The van der Waals surface area contributed by atoms with Gasteiger partial charge in [0.05, 0.1) is 6.54 Å². The van der Waals surface area contributed by atoms with Crippen LogP contribution in [0.25, 0.3) is 0 Å². The molecule has 2 aromatic rings. The standard InChI is InChI=1S/C18H20Cl2N2O/c1-13(16-7-2-3-8-17(16)20)22-12-18(23)21-10-9-14-5-4-6-15(19)11-14/h2-8,11,13,22H,9-10,12H2,1H3,(H,21,23)/t13-/m1/s1. The van der Waals surface area contributed by atoms with Gasteiger partial charge in [0.1, 0.15) is 0 Å². The van der Waals surface area contributed by atoms with Crippen molar-refractivity contribution in [1.82, 2.24) is 10.6 Å². The minimum absolute atomic E-state index is 0.0161. The number of amides is 1. The van der Waals surface area contributed by atoms with Gasteiger partial charge in [0.2, 0.25) is 5.91 Å². The van der Waals surface area contributed by atoms with E-state index >= 15 is 0 Å². The summed E-state index contributed by atoms with van der Waals surface area (Å²) in [6, 6.07) is 15.3. The molecule has 1 amide bonds. The lowest BCUT2D eigenvalue weighted by molar-refractivity contribution is -0.120. The van der Waals surface area contributed by atoms with Gasteiger partial charge in [-0.15, -0.1) is 0 Å². The van der Waals surface area contributed by atoms with Crippen LogP contribution in [0.1, 0.15) is 24.1 Å². The van der Waals surface area contributed by atoms with Gasteiger partial charge in [-0.05, 0) is 42.7 Å². The molecule has 2 aromatic carbocycles. The molecule has 0 saturated carbocycles. The number of carbonyl (C=O) groups excluding carboxylic acids is 1. The molecule has 0 heterocycles. The Hall–Kier alpha value is -1.55. The van der Waals surface area contributed by atoms with Crippen molar-refractivity contribution in [2.24, 2.45) is 0 Å². The number of halogens is 2. The van der Waals surface area contributed by atoms with Crippen molar-refractivity contribution < 1.29 is 4.79 Å². The van der Waals surface area contributed by atoms with Crippen LogP contribution in [0.4, 0.5) is 0 Å². The quantitative estimate of drug-likeness (QED) is 0.792. The van der Waals surface area contributed by atoms with Gasteiger partial charge in [-0.3, -0.25) is 4.79 Å². The summed E-state index contributed by atoms with van der Waals surface area (Å²) >= 11 is 12.1. The molecule has 0 aliphatic heterocycles. The summed E-state index contributed by atoms with van der Waals surface area (Å²) in [4.78, 5) is 11.9. The lowest BCUT2D eigenvalue weighted by Gasteiger charge is -2.15. The van der Waals surface area contributed by atoms with E-state index in [2.05, 4.69) is 10.6 Å². The Balaban J connectivity index is 1.72. The van der Waals surface area contributed by atoms with E-state index in [1.54, 1.807) is 0 Å². The van der Waals surface area contributed by atoms with Gasteiger partial charge in [0, 0.05) is 22.6 Å². The van der Waals surface area contributed by atoms with Gasteiger partial charge in [-0.25, -0.2) is 0 Å². The van der Waals surface area contributed by atoms with Crippen molar-refractivity contribution in [3.63, 3.8) is 0 Å². The molecule has 0 bridgehead atoms. The molecular weight excluding hydrogens is 331 g/mol. The molecule has 5 heteroatoms. The van der Waals surface area contributed by atoms with Crippen molar-refractivity contribution >= 4 is 29.1 Å². The summed E-state index contributed by atoms with van der Waals surface area (Å²) in [7, 11) is 0. The minimum atomic E-state index is -0.0362. The first kappa shape index (κ1) is 17.8. The Morgan fingerprint density at radius 1 is 1.13 bits per heavy atom. The van der Waals surface area contributed by atoms with Crippen molar-refractivity contribution in [2.75, 3.05) is 13.1 Å². The Morgan fingerprint density at radius 3 is 2.65 bits per heavy atom. The lowest BCUT2D eigenvalue weighted by Crippen LogP contribution is -2.36. The summed E-state index contributed by atoms with van der Waals surface area (Å²) in [5.41, 5.74) is 2.09. The van der Waals surface area contributed by atoms with E-state index in [0.717, 1.165) is 17.5 Å². The smallest absolute Gasteiger partial charge is 0.233 e. The van der Waals surface area contributed by atoms with Crippen LogP contribution in [-0.2, 0) is 11.2 Å². The zero-order valence-corrected chi connectivity index (χ0v) is 14.5. The number of rotatable bonds is 7. The van der Waals surface area contributed by atoms with Crippen LogP contribution < -0.4 is 10.6 Å². The Morgan fingerprint density at radius 2 is 1.91 bits per heavy atom. The normalized spacial score (nSPS) is 12.0. The highest BCUT2D eigenvalue weighted by atomic mass is 35.5. The summed E-state index contributed by atoms with van der Waals surface area (Å²) in [5, 5.41) is 7.49. The summed E-state index contributed by atoms with van der Waals surface area (Å²) in [5.74, 6) is -0.0362. The topological polar surface area (TPSA) is 41.1 Å². The van der Waals surface area contributed by atoms with Gasteiger partial charge in [-0.1, -0.05) is 53.5 Å². The third-order valence-corrected chi connectivity index (χ3v) is 4.14. The lowest BCUT2D eigenvalue weighted by atomic mass is 10.1. The van der Waals surface area contributed by atoms with Gasteiger partial charge >= 0.3 is 0 Å². The van der Waals surface area contributed by atoms with Crippen LogP contribution >= 0.6 is 23.2 Å². The zero-order chi connectivity index (χ0) is 16.7. The molecule has 2 rings (SSSR count).